The molecule has 0 bridgehead atoms. The molecule has 0 unspecified atom stereocenters. The van der Waals surface area contributed by atoms with E-state index in [1.807, 2.05) is 0 Å². The minimum atomic E-state index is -0.435. The predicted octanol–water partition coefficient (Wildman–Crippen LogP) is 1.99. The van der Waals surface area contributed by atoms with E-state index in [1.165, 1.54) is 12.1 Å². The number of aliphatic hydroxyl groups excluding tert-OH is 1. The standard InChI is InChI=1S/C10H11NO3/c1-8(5-6-12)9-3-2-4-10(7-9)11(13)14/h2-5,7,12H,6H2,1H3. The van der Waals surface area contributed by atoms with Gasteiger partial charge in [-0.05, 0) is 18.1 Å². The van der Waals surface area contributed by atoms with E-state index in [4.69, 9.17) is 5.11 Å². The number of non-ortho nitro benzene ring substituents is 1. The normalized spacial score (nSPS) is 11.4. The van der Waals surface area contributed by atoms with Crippen LogP contribution in [-0.4, -0.2) is 16.6 Å². The van der Waals surface area contributed by atoms with E-state index in [1.54, 1.807) is 25.1 Å². The summed E-state index contributed by atoms with van der Waals surface area (Å²) in [6.07, 6.45) is 1.61. The van der Waals surface area contributed by atoms with Crippen molar-refractivity contribution in [1.29, 1.82) is 0 Å². The lowest BCUT2D eigenvalue weighted by Crippen LogP contribution is -1.89. The summed E-state index contributed by atoms with van der Waals surface area (Å²) in [6.45, 7) is 1.74. The van der Waals surface area contributed by atoms with Gasteiger partial charge in [-0.2, -0.15) is 0 Å². The molecule has 0 fully saturated rings. The van der Waals surface area contributed by atoms with Crippen molar-refractivity contribution < 1.29 is 10.0 Å². The third-order valence-electron chi connectivity index (χ3n) is 1.91. The second-order valence-electron chi connectivity index (χ2n) is 2.88. The number of rotatable bonds is 3. The largest absolute Gasteiger partial charge is 0.392 e. The lowest BCUT2D eigenvalue weighted by atomic mass is 10.1. The average Bonchev–Trinajstić information content (AvgIpc) is 2.18. The molecule has 0 aliphatic rings. The molecule has 74 valence electrons. The number of aliphatic hydroxyl groups is 1. The van der Waals surface area contributed by atoms with Crippen LogP contribution >= 0.6 is 0 Å². The predicted molar refractivity (Wildman–Crippen MR) is 53.8 cm³/mol. The minimum absolute atomic E-state index is 0.0610. The van der Waals surface area contributed by atoms with Gasteiger partial charge in [-0.25, -0.2) is 0 Å². The molecule has 4 nitrogen and oxygen atoms in total. The van der Waals surface area contributed by atoms with Crippen LogP contribution < -0.4 is 0 Å². The van der Waals surface area contributed by atoms with Crippen molar-refractivity contribution in [2.75, 3.05) is 6.61 Å². The zero-order valence-electron chi connectivity index (χ0n) is 7.80. The summed E-state index contributed by atoms with van der Waals surface area (Å²) < 4.78 is 0. The van der Waals surface area contributed by atoms with E-state index in [0.29, 0.717) is 0 Å². The fourth-order valence-corrected chi connectivity index (χ4v) is 1.12. The first-order chi connectivity index (χ1) is 6.65. The van der Waals surface area contributed by atoms with Gasteiger partial charge in [0, 0.05) is 12.1 Å². The van der Waals surface area contributed by atoms with Crippen molar-refractivity contribution in [3.63, 3.8) is 0 Å². The van der Waals surface area contributed by atoms with Crippen LogP contribution in [0.3, 0.4) is 0 Å². The molecular weight excluding hydrogens is 182 g/mol. The maximum atomic E-state index is 10.5. The van der Waals surface area contributed by atoms with Crippen molar-refractivity contribution in [1.82, 2.24) is 0 Å². The summed E-state index contributed by atoms with van der Waals surface area (Å²) in [5, 5.41) is 19.1. The highest BCUT2D eigenvalue weighted by Crippen LogP contribution is 2.19. The average molecular weight is 193 g/mol. The number of hydrogen-bond donors (Lipinski definition) is 1. The van der Waals surface area contributed by atoms with Crippen LogP contribution in [0, 0.1) is 10.1 Å². The zero-order chi connectivity index (χ0) is 10.6. The van der Waals surface area contributed by atoms with Crippen molar-refractivity contribution >= 4 is 11.3 Å². The Bertz CT molecular complexity index is 371. The van der Waals surface area contributed by atoms with Crippen LogP contribution in [0.15, 0.2) is 30.3 Å². The molecule has 1 aromatic rings. The Morgan fingerprint density at radius 1 is 1.64 bits per heavy atom. The number of hydrogen-bond acceptors (Lipinski definition) is 3. The van der Waals surface area contributed by atoms with E-state index < -0.39 is 4.92 Å². The first-order valence-corrected chi connectivity index (χ1v) is 4.17. The number of nitro benzene ring substituents is 1. The Balaban J connectivity index is 3.05. The summed E-state index contributed by atoms with van der Waals surface area (Å²) in [7, 11) is 0. The van der Waals surface area contributed by atoms with Gasteiger partial charge >= 0.3 is 0 Å². The van der Waals surface area contributed by atoms with Crippen LogP contribution in [0.2, 0.25) is 0 Å². The second kappa shape index (κ2) is 4.53. The van der Waals surface area contributed by atoms with Gasteiger partial charge in [-0.3, -0.25) is 10.1 Å². The Labute approximate surface area is 81.6 Å². The highest BCUT2D eigenvalue weighted by atomic mass is 16.6. The first-order valence-electron chi connectivity index (χ1n) is 4.17. The molecule has 0 saturated carbocycles. The third-order valence-corrected chi connectivity index (χ3v) is 1.91. The summed E-state index contributed by atoms with van der Waals surface area (Å²) in [5.41, 5.74) is 1.65. The van der Waals surface area contributed by atoms with Crippen LogP contribution in [0.1, 0.15) is 12.5 Å². The van der Waals surface area contributed by atoms with Gasteiger partial charge in [0.05, 0.1) is 11.5 Å². The molecular formula is C10H11NO3. The van der Waals surface area contributed by atoms with E-state index in [-0.39, 0.29) is 12.3 Å². The molecule has 0 spiro atoms. The molecule has 0 aliphatic heterocycles. The van der Waals surface area contributed by atoms with Gasteiger partial charge in [-0.15, -0.1) is 0 Å². The molecule has 0 heterocycles. The Morgan fingerprint density at radius 3 is 2.93 bits per heavy atom. The second-order valence-corrected chi connectivity index (χ2v) is 2.88. The SMILES string of the molecule is CC(=CCO)c1cccc([N+](=O)[O-])c1. The van der Waals surface area contributed by atoms with E-state index >= 15 is 0 Å². The fraction of sp³-hybridized carbons (Fsp3) is 0.200. The fourth-order valence-electron chi connectivity index (χ4n) is 1.12. The van der Waals surface area contributed by atoms with Gasteiger partial charge < -0.3 is 5.11 Å². The maximum absolute atomic E-state index is 10.5. The first kappa shape index (κ1) is 10.4. The van der Waals surface area contributed by atoms with Gasteiger partial charge in [-0.1, -0.05) is 18.2 Å². The third kappa shape index (κ3) is 2.40. The van der Waals surface area contributed by atoms with Crippen molar-refractivity contribution in [2.45, 2.75) is 6.92 Å². The highest BCUT2D eigenvalue weighted by molar-refractivity contribution is 5.65. The van der Waals surface area contributed by atoms with E-state index in [2.05, 4.69) is 0 Å². The number of nitrogens with zero attached hydrogens (tertiary/aromatic N) is 1. The molecule has 0 aromatic heterocycles. The molecule has 0 saturated heterocycles. The van der Waals surface area contributed by atoms with Crippen LogP contribution in [0.25, 0.3) is 5.57 Å². The summed E-state index contributed by atoms with van der Waals surface area (Å²) in [4.78, 5) is 10.0. The molecule has 0 atom stereocenters. The molecule has 0 aliphatic carbocycles. The lowest BCUT2D eigenvalue weighted by Gasteiger charge is -2.00. The monoisotopic (exact) mass is 193 g/mol. The van der Waals surface area contributed by atoms with Crippen molar-refractivity contribution in [3.05, 3.63) is 46.0 Å². The summed E-state index contributed by atoms with van der Waals surface area (Å²) in [5.74, 6) is 0. The van der Waals surface area contributed by atoms with Crippen LogP contribution in [0.5, 0.6) is 0 Å². The van der Waals surface area contributed by atoms with Gasteiger partial charge in [0.25, 0.3) is 5.69 Å². The summed E-state index contributed by atoms with van der Waals surface area (Å²) >= 11 is 0. The molecule has 0 amide bonds. The quantitative estimate of drug-likeness (QED) is 0.589. The summed E-state index contributed by atoms with van der Waals surface area (Å²) in [6, 6.07) is 6.33. The number of benzene rings is 1. The van der Waals surface area contributed by atoms with Crippen molar-refractivity contribution in [3.8, 4) is 0 Å². The molecule has 0 radical (unpaired) electrons. The van der Waals surface area contributed by atoms with Crippen LogP contribution in [0.4, 0.5) is 5.69 Å². The molecule has 4 heteroatoms. The Hall–Kier alpha value is -1.68. The van der Waals surface area contributed by atoms with Gasteiger partial charge in [0.15, 0.2) is 0 Å². The number of nitro groups is 1. The van der Waals surface area contributed by atoms with Crippen LogP contribution in [-0.2, 0) is 0 Å². The van der Waals surface area contributed by atoms with E-state index in [9.17, 15) is 10.1 Å². The zero-order valence-corrected chi connectivity index (χ0v) is 7.80. The van der Waals surface area contributed by atoms with Gasteiger partial charge in [0.1, 0.15) is 0 Å². The molecule has 1 aromatic carbocycles. The Morgan fingerprint density at radius 2 is 2.36 bits per heavy atom. The van der Waals surface area contributed by atoms with Crippen molar-refractivity contribution in [2.24, 2.45) is 0 Å². The molecule has 14 heavy (non-hydrogen) atoms. The Kier molecular flexibility index (Phi) is 3.36. The molecule has 1 N–H and O–H groups in total. The topological polar surface area (TPSA) is 63.4 Å². The minimum Gasteiger partial charge on any atom is -0.392 e. The maximum Gasteiger partial charge on any atom is 0.270 e. The number of allylic oxidation sites excluding steroid dienone is 1. The highest BCUT2D eigenvalue weighted by Gasteiger charge is 2.05. The smallest absolute Gasteiger partial charge is 0.270 e. The molecule has 1 rings (SSSR count). The lowest BCUT2D eigenvalue weighted by molar-refractivity contribution is -0.384. The van der Waals surface area contributed by atoms with Gasteiger partial charge in [0.2, 0.25) is 0 Å². The van der Waals surface area contributed by atoms with E-state index in [0.717, 1.165) is 11.1 Å².